The Labute approximate surface area is 177 Å². The first-order chi connectivity index (χ1) is 11.3. The van der Waals surface area contributed by atoms with Crippen molar-refractivity contribution < 1.29 is 17.4 Å². The van der Waals surface area contributed by atoms with E-state index < -0.39 is 16.0 Å². The molecule has 0 heterocycles. The predicted molar refractivity (Wildman–Crippen MR) is 108 cm³/mol. The maximum absolute atomic E-state index is 11.0. The van der Waals surface area contributed by atoms with Gasteiger partial charge in [0, 0.05) is 5.57 Å². The first-order valence-electron chi connectivity index (χ1n) is 9.09. The van der Waals surface area contributed by atoms with E-state index in [1.165, 1.54) is 51.4 Å². The number of unbranched alkanes of at least 4 members (excludes halogenated alkanes) is 9. The van der Waals surface area contributed by atoms with Crippen LogP contribution < -0.4 is 5.73 Å². The van der Waals surface area contributed by atoms with Crippen molar-refractivity contribution in [3.05, 3.63) is 12.2 Å². The molecule has 25 heavy (non-hydrogen) atoms. The first kappa shape index (κ1) is 29.9. The van der Waals surface area contributed by atoms with Gasteiger partial charge >= 0.3 is 29.6 Å². The molecule has 0 spiro atoms. The van der Waals surface area contributed by atoms with Gasteiger partial charge < -0.3 is 5.73 Å². The Hall–Kier alpha value is 0.120. The third-order valence-corrected chi connectivity index (χ3v) is 4.77. The van der Waals surface area contributed by atoms with Crippen LogP contribution in [0.5, 0.6) is 0 Å². The summed E-state index contributed by atoms with van der Waals surface area (Å²) in [6.07, 6.45) is 12.5. The van der Waals surface area contributed by atoms with Crippen LogP contribution in [-0.2, 0) is 19.1 Å². The number of rotatable bonds is 14. The summed E-state index contributed by atoms with van der Waals surface area (Å²) < 4.78 is 26.9. The minimum absolute atomic E-state index is 0. The summed E-state index contributed by atoms with van der Waals surface area (Å²) in [6, 6.07) is 0. The standard InChI is InChI=1S/C14H30O3S.C4H7NO.Na.H/c1-3-5-6-7-8-9-10-11-12-13-14-17-18(15,16)4-2;1-3(2)4(5)6;;/h3-14H2,1-2H3;1H2,2H3,(H2,5,6);;. The van der Waals surface area contributed by atoms with Gasteiger partial charge in [0.2, 0.25) is 5.91 Å². The molecule has 5 nitrogen and oxygen atoms in total. The molecule has 0 radical (unpaired) electrons. The number of amides is 1. The molecule has 0 saturated heterocycles. The van der Waals surface area contributed by atoms with Crippen molar-refractivity contribution in [2.45, 2.75) is 85.0 Å². The average molecular weight is 388 g/mol. The van der Waals surface area contributed by atoms with E-state index in [1.54, 1.807) is 13.8 Å². The monoisotopic (exact) mass is 387 g/mol. The van der Waals surface area contributed by atoms with Crippen molar-refractivity contribution in [2.75, 3.05) is 12.4 Å². The molecule has 0 aromatic carbocycles. The zero-order chi connectivity index (χ0) is 18.8. The molecule has 0 aliphatic carbocycles. The molecule has 0 unspecified atom stereocenters. The molecule has 0 aliphatic rings. The van der Waals surface area contributed by atoms with Crippen LogP contribution in [0.4, 0.5) is 0 Å². The van der Waals surface area contributed by atoms with E-state index >= 15 is 0 Å². The van der Waals surface area contributed by atoms with Gasteiger partial charge in [0.05, 0.1) is 12.4 Å². The van der Waals surface area contributed by atoms with E-state index in [9.17, 15) is 13.2 Å². The van der Waals surface area contributed by atoms with Gasteiger partial charge in [-0.3, -0.25) is 8.98 Å². The predicted octanol–water partition coefficient (Wildman–Crippen LogP) is 3.67. The second kappa shape index (κ2) is 20.4. The van der Waals surface area contributed by atoms with E-state index in [2.05, 4.69) is 13.5 Å². The van der Waals surface area contributed by atoms with Crippen LogP contribution >= 0.6 is 0 Å². The number of primary amides is 1. The number of nitrogens with two attached hydrogens (primary N) is 1. The van der Waals surface area contributed by atoms with Crippen LogP contribution in [0.25, 0.3) is 0 Å². The number of hydrogen-bond acceptors (Lipinski definition) is 4. The molecule has 0 bridgehead atoms. The average Bonchev–Trinajstić information content (AvgIpc) is 2.53. The summed E-state index contributed by atoms with van der Waals surface area (Å²) in [6.45, 7) is 9.05. The Morgan fingerprint density at radius 1 is 0.920 bits per heavy atom. The molecule has 0 aromatic rings. The molecular formula is C18H38NNaO4S. The fourth-order valence-corrected chi connectivity index (χ4v) is 2.40. The van der Waals surface area contributed by atoms with Crippen LogP contribution in [0.15, 0.2) is 12.2 Å². The van der Waals surface area contributed by atoms with Crippen LogP contribution in [-0.4, -0.2) is 56.2 Å². The van der Waals surface area contributed by atoms with Gasteiger partial charge in [-0.1, -0.05) is 71.3 Å². The molecule has 2 N–H and O–H groups in total. The quantitative estimate of drug-likeness (QED) is 0.213. The van der Waals surface area contributed by atoms with Crippen LogP contribution in [0.3, 0.4) is 0 Å². The van der Waals surface area contributed by atoms with Gasteiger partial charge in [0.15, 0.2) is 0 Å². The molecule has 0 fully saturated rings. The summed E-state index contributed by atoms with van der Waals surface area (Å²) in [5, 5.41) is 0. The summed E-state index contributed by atoms with van der Waals surface area (Å²) in [5.74, 6) is -0.361. The number of carbonyl (C=O) groups excluding carboxylic acids is 1. The molecule has 7 heteroatoms. The second-order valence-electron chi connectivity index (χ2n) is 5.99. The van der Waals surface area contributed by atoms with Crippen molar-refractivity contribution >= 4 is 45.6 Å². The third kappa shape index (κ3) is 26.5. The third-order valence-electron chi connectivity index (χ3n) is 3.53. The van der Waals surface area contributed by atoms with Crippen molar-refractivity contribution in [1.82, 2.24) is 0 Å². The summed E-state index contributed by atoms with van der Waals surface area (Å²) in [7, 11) is -3.23. The van der Waals surface area contributed by atoms with Gasteiger partial charge in [-0.05, 0) is 20.3 Å². The van der Waals surface area contributed by atoms with Crippen LogP contribution in [0.2, 0.25) is 0 Å². The second-order valence-corrected chi connectivity index (χ2v) is 7.92. The molecule has 146 valence electrons. The molecule has 0 saturated carbocycles. The van der Waals surface area contributed by atoms with Crippen LogP contribution in [0, 0.1) is 0 Å². The fourth-order valence-electron chi connectivity index (χ4n) is 1.86. The first-order valence-corrected chi connectivity index (χ1v) is 10.7. The Kier molecular flexibility index (Phi) is 24.4. The zero-order valence-electron chi connectivity index (χ0n) is 15.8. The molecule has 0 atom stereocenters. The zero-order valence-corrected chi connectivity index (χ0v) is 16.6. The minimum atomic E-state index is -3.23. The van der Waals surface area contributed by atoms with E-state index in [0.29, 0.717) is 12.2 Å². The van der Waals surface area contributed by atoms with Gasteiger partial charge in [-0.25, -0.2) is 0 Å². The van der Waals surface area contributed by atoms with Crippen molar-refractivity contribution in [3.63, 3.8) is 0 Å². The van der Waals surface area contributed by atoms with Crippen LogP contribution in [0.1, 0.15) is 85.0 Å². The fraction of sp³-hybridized carbons (Fsp3) is 0.833. The summed E-state index contributed by atoms with van der Waals surface area (Å²) in [4.78, 5) is 9.82. The van der Waals surface area contributed by atoms with E-state index in [1.807, 2.05) is 0 Å². The molecular weight excluding hydrogens is 349 g/mol. The van der Waals surface area contributed by atoms with E-state index in [0.717, 1.165) is 12.8 Å². The number of carbonyl (C=O) groups is 1. The van der Waals surface area contributed by atoms with Crippen molar-refractivity contribution in [1.29, 1.82) is 0 Å². The van der Waals surface area contributed by atoms with Gasteiger partial charge in [0.1, 0.15) is 0 Å². The molecule has 0 aromatic heterocycles. The Morgan fingerprint density at radius 3 is 1.60 bits per heavy atom. The van der Waals surface area contributed by atoms with Gasteiger partial charge in [0.25, 0.3) is 10.1 Å². The molecule has 0 rings (SSSR count). The SMILES string of the molecule is C=C(C)C(N)=O.CCCCCCCCCCCCOS(=O)(=O)CC.[NaH]. The van der Waals surface area contributed by atoms with Gasteiger partial charge in [-0.15, -0.1) is 0 Å². The van der Waals surface area contributed by atoms with E-state index in [4.69, 9.17) is 9.92 Å². The Morgan fingerprint density at radius 2 is 1.28 bits per heavy atom. The molecule has 1 amide bonds. The Balaban J connectivity index is -0.000000592. The topological polar surface area (TPSA) is 86.5 Å². The normalized spacial score (nSPS) is 10.4. The summed E-state index contributed by atoms with van der Waals surface area (Å²) in [5.41, 5.74) is 5.09. The maximum atomic E-state index is 11.0. The van der Waals surface area contributed by atoms with Crippen molar-refractivity contribution in [2.24, 2.45) is 5.73 Å². The molecule has 0 aliphatic heterocycles. The van der Waals surface area contributed by atoms with Crippen molar-refractivity contribution in [3.8, 4) is 0 Å². The summed E-state index contributed by atoms with van der Waals surface area (Å²) >= 11 is 0. The van der Waals surface area contributed by atoms with E-state index in [-0.39, 0.29) is 35.3 Å². The van der Waals surface area contributed by atoms with Gasteiger partial charge in [-0.2, -0.15) is 8.42 Å². The number of hydrogen-bond donors (Lipinski definition) is 1. The Bertz CT molecular complexity index is 413.